The number of hydrogen-bond donors (Lipinski definition) is 1. The quantitative estimate of drug-likeness (QED) is 0.750. The summed E-state index contributed by atoms with van der Waals surface area (Å²) in [6.45, 7) is 6.32. The molecule has 0 radical (unpaired) electrons. The Morgan fingerprint density at radius 1 is 1.12 bits per heavy atom. The molecule has 0 fully saturated rings. The molecule has 0 atom stereocenters. The first-order valence-corrected chi connectivity index (χ1v) is 8.80. The van der Waals surface area contributed by atoms with Crippen LogP contribution in [0.25, 0.3) is 0 Å². The van der Waals surface area contributed by atoms with Gasteiger partial charge in [0.1, 0.15) is 11.4 Å². The maximum Gasteiger partial charge on any atom is 0.272 e. The average Bonchev–Trinajstić information content (AvgIpc) is 2.66. The Labute approximate surface area is 150 Å². The lowest BCUT2D eigenvalue weighted by Crippen LogP contribution is -2.33. The zero-order valence-electron chi connectivity index (χ0n) is 15.3. The van der Waals surface area contributed by atoms with Crippen molar-refractivity contribution in [3.05, 3.63) is 53.9 Å². The van der Waals surface area contributed by atoms with Gasteiger partial charge >= 0.3 is 0 Å². The van der Waals surface area contributed by atoms with Crippen LogP contribution in [0.3, 0.4) is 0 Å². The van der Waals surface area contributed by atoms with E-state index in [1.165, 1.54) is 0 Å². The number of aromatic nitrogens is 1. The Hall–Kier alpha value is -2.56. The van der Waals surface area contributed by atoms with Crippen LogP contribution < -0.4 is 10.1 Å². The summed E-state index contributed by atoms with van der Waals surface area (Å²) in [5.41, 5.74) is 2.44. The number of para-hydroxylation sites is 1. The van der Waals surface area contributed by atoms with E-state index in [1.807, 2.05) is 35.2 Å². The van der Waals surface area contributed by atoms with Crippen LogP contribution in [0.5, 0.6) is 5.75 Å². The lowest BCUT2D eigenvalue weighted by Gasteiger charge is -2.21. The fourth-order valence-electron chi connectivity index (χ4n) is 2.69. The molecule has 1 amide bonds. The highest BCUT2D eigenvalue weighted by Crippen LogP contribution is 2.19. The van der Waals surface area contributed by atoms with Crippen LogP contribution >= 0.6 is 0 Å². The summed E-state index contributed by atoms with van der Waals surface area (Å²) in [4.78, 5) is 18.7. The van der Waals surface area contributed by atoms with Crippen LogP contribution in [-0.4, -0.2) is 36.0 Å². The second kappa shape index (κ2) is 9.67. The van der Waals surface area contributed by atoms with Crippen molar-refractivity contribution in [1.82, 2.24) is 9.88 Å². The number of nitrogens with one attached hydrogen (secondary N) is 1. The molecule has 0 aliphatic carbocycles. The fourth-order valence-corrected chi connectivity index (χ4v) is 2.69. The van der Waals surface area contributed by atoms with Gasteiger partial charge in [-0.2, -0.15) is 0 Å². The molecular formula is C20H27N3O2. The first kappa shape index (κ1) is 18.8. The molecule has 1 heterocycles. The Kier molecular flexibility index (Phi) is 7.26. The minimum Gasteiger partial charge on any atom is -0.496 e. The van der Waals surface area contributed by atoms with E-state index in [2.05, 4.69) is 24.1 Å². The van der Waals surface area contributed by atoms with Gasteiger partial charge in [0.25, 0.3) is 5.91 Å². The normalized spacial score (nSPS) is 10.4. The lowest BCUT2D eigenvalue weighted by molar-refractivity contribution is 0.0749. The molecule has 5 nitrogen and oxygen atoms in total. The molecule has 0 aliphatic heterocycles. The Morgan fingerprint density at radius 2 is 1.84 bits per heavy atom. The van der Waals surface area contributed by atoms with Crippen LogP contribution in [0.4, 0.5) is 5.69 Å². The minimum atomic E-state index is -0.0000198. The van der Waals surface area contributed by atoms with E-state index in [4.69, 9.17) is 4.74 Å². The Balaban J connectivity index is 2.00. The summed E-state index contributed by atoms with van der Waals surface area (Å²) >= 11 is 0. The molecule has 0 spiro atoms. The standard InChI is InChI=1S/C20H27N3O2/c1-4-12-23(13-5-2)20(24)18-11-10-17(15-22-18)21-14-16-8-6-7-9-19(16)25-3/h6-11,15,21H,4-5,12-14H2,1-3H3. The number of methoxy groups -OCH3 is 1. The van der Waals surface area contributed by atoms with Gasteiger partial charge in [0, 0.05) is 25.2 Å². The van der Waals surface area contributed by atoms with E-state index in [9.17, 15) is 4.79 Å². The molecule has 1 N–H and O–H groups in total. The Morgan fingerprint density at radius 3 is 2.44 bits per heavy atom. The molecule has 5 heteroatoms. The van der Waals surface area contributed by atoms with Gasteiger partial charge in [0.05, 0.1) is 19.0 Å². The highest BCUT2D eigenvalue weighted by molar-refractivity contribution is 5.92. The molecule has 0 unspecified atom stereocenters. The van der Waals surface area contributed by atoms with Crippen molar-refractivity contribution in [2.75, 3.05) is 25.5 Å². The lowest BCUT2D eigenvalue weighted by atomic mass is 10.2. The summed E-state index contributed by atoms with van der Waals surface area (Å²) in [6.07, 6.45) is 3.60. The van der Waals surface area contributed by atoms with Crippen molar-refractivity contribution in [2.24, 2.45) is 0 Å². The molecule has 1 aromatic heterocycles. The highest BCUT2D eigenvalue weighted by atomic mass is 16.5. The molecule has 134 valence electrons. The molecule has 0 aliphatic rings. The average molecular weight is 341 g/mol. The number of hydrogen-bond acceptors (Lipinski definition) is 4. The van der Waals surface area contributed by atoms with Gasteiger partial charge in [0.15, 0.2) is 0 Å². The number of rotatable bonds is 9. The number of pyridine rings is 1. The smallest absolute Gasteiger partial charge is 0.272 e. The molecule has 0 saturated carbocycles. The van der Waals surface area contributed by atoms with Crippen molar-refractivity contribution < 1.29 is 9.53 Å². The monoisotopic (exact) mass is 341 g/mol. The van der Waals surface area contributed by atoms with Gasteiger partial charge in [0.2, 0.25) is 0 Å². The third-order valence-corrected chi connectivity index (χ3v) is 3.93. The summed E-state index contributed by atoms with van der Waals surface area (Å²) in [5, 5.41) is 3.31. The first-order chi connectivity index (χ1) is 12.2. The number of anilines is 1. The molecule has 0 bridgehead atoms. The second-order valence-corrected chi connectivity index (χ2v) is 5.89. The number of carbonyl (C=O) groups is 1. The predicted octanol–water partition coefficient (Wildman–Crippen LogP) is 3.96. The van der Waals surface area contributed by atoms with E-state index < -0.39 is 0 Å². The van der Waals surface area contributed by atoms with Crippen LogP contribution in [-0.2, 0) is 6.54 Å². The van der Waals surface area contributed by atoms with E-state index in [1.54, 1.807) is 19.4 Å². The van der Waals surface area contributed by atoms with Gasteiger partial charge < -0.3 is 15.0 Å². The molecule has 1 aromatic carbocycles. The summed E-state index contributed by atoms with van der Waals surface area (Å²) in [5.74, 6) is 0.851. The maximum atomic E-state index is 12.5. The van der Waals surface area contributed by atoms with Crippen LogP contribution in [0, 0.1) is 0 Å². The van der Waals surface area contributed by atoms with E-state index in [0.29, 0.717) is 12.2 Å². The van der Waals surface area contributed by atoms with Crippen molar-refractivity contribution in [1.29, 1.82) is 0 Å². The second-order valence-electron chi connectivity index (χ2n) is 5.89. The van der Waals surface area contributed by atoms with E-state index >= 15 is 0 Å². The van der Waals surface area contributed by atoms with Gasteiger partial charge in [-0.05, 0) is 31.0 Å². The summed E-state index contributed by atoms with van der Waals surface area (Å²) < 4.78 is 5.35. The maximum absolute atomic E-state index is 12.5. The zero-order valence-corrected chi connectivity index (χ0v) is 15.3. The van der Waals surface area contributed by atoms with E-state index in [-0.39, 0.29) is 5.91 Å². The molecule has 2 aromatic rings. The molecule has 0 saturated heterocycles. The fraction of sp³-hybridized carbons (Fsp3) is 0.400. The van der Waals surface area contributed by atoms with Crippen molar-refractivity contribution in [3.8, 4) is 5.75 Å². The predicted molar refractivity (Wildman–Crippen MR) is 101 cm³/mol. The third kappa shape index (κ3) is 5.21. The van der Waals surface area contributed by atoms with Crippen LogP contribution in [0.2, 0.25) is 0 Å². The summed E-state index contributed by atoms with van der Waals surface area (Å²) in [6, 6.07) is 11.6. The largest absolute Gasteiger partial charge is 0.496 e. The van der Waals surface area contributed by atoms with Crippen molar-refractivity contribution >= 4 is 11.6 Å². The number of amides is 1. The van der Waals surface area contributed by atoms with Gasteiger partial charge in [-0.3, -0.25) is 4.79 Å². The van der Waals surface area contributed by atoms with Crippen LogP contribution in [0.15, 0.2) is 42.6 Å². The number of nitrogens with zero attached hydrogens (tertiary/aromatic N) is 2. The van der Waals surface area contributed by atoms with Gasteiger partial charge in [-0.1, -0.05) is 32.0 Å². The van der Waals surface area contributed by atoms with E-state index in [0.717, 1.165) is 42.9 Å². The minimum absolute atomic E-state index is 0.0000198. The number of ether oxygens (including phenoxy) is 1. The topological polar surface area (TPSA) is 54.5 Å². The first-order valence-electron chi connectivity index (χ1n) is 8.80. The van der Waals surface area contributed by atoms with Gasteiger partial charge in [-0.25, -0.2) is 4.98 Å². The van der Waals surface area contributed by atoms with Crippen LogP contribution in [0.1, 0.15) is 42.7 Å². The zero-order chi connectivity index (χ0) is 18.1. The third-order valence-electron chi connectivity index (χ3n) is 3.93. The van der Waals surface area contributed by atoms with Crippen molar-refractivity contribution in [2.45, 2.75) is 33.2 Å². The Bertz CT molecular complexity index is 665. The van der Waals surface area contributed by atoms with Crippen molar-refractivity contribution in [3.63, 3.8) is 0 Å². The summed E-state index contributed by atoms with van der Waals surface area (Å²) in [7, 11) is 1.67. The SMILES string of the molecule is CCCN(CCC)C(=O)c1ccc(NCc2ccccc2OC)cn1. The molecule has 2 rings (SSSR count). The number of carbonyl (C=O) groups excluding carboxylic acids is 1. The highest BCUT2D eigenvalue weighted by Gasteiger charge is 2.15. The molecular weight excluding hydrogens is 314 g/mol. The van der Waals surface area contributed by atoms with Gasteiger partial charge in [-0.15, -0.1) is 0 Å². The number of benzene rings is 1. The molecule has 25 heavy (non-hydrogen) atoms.